The molecule has 13 heavy (non-hydrogen) atoms. The number of carboxylic acid groups (broad SMARTS) is 1. The first kappa shape index (κ1) is 8.25. The van der Waals surface area contributed by atoms with Crippen LogP contribution in [0.25, 0.3) is 0 Å². The minimum absolute atomic E-state index is 0.454. The van der Waals surface area contributed by atoms with Crippen LogP contribution in [0.1, 0.15) is 6.42 Å². The molecule has 0 bridgehead atoms. The molecule has 0 aromatic heterocycles. The van der Waals surface area contributed by atoms with Crippen LogP contribution in [0, 0.1) is 0 Å². The summed E-state index contributed by atoms with van der Waals surface area (Å²) >= 11 is 0. The van der Waals surface area contributed by atoms with Crippen molar-refractivity contribution in [1.29, 1.82) is 0 Å². The van der Waals surface area contributed by atoms with E-state index in [1.54, 1.807) is 11.9 Å². The van der Waals surface area contributed by atoms with Gasteiger partial charge in [-0.2, -0.15) is 0 Å². The van der Waals surface area contributed by atoms with E-state index in [4.69, 9.17) is 5.11 Å². The maximum absolute atomic E-state index is 10.8. The van der Waals surface area contributed by atoms with Crippen molar-refractivity contribution in [2.45, 2.75) is 12.5 Å². The van der Waals surface area contributed by atoms with Gasteiger partial charge in [0.25, 0.3) is 0 Å². The molecule has 1 radical (unpaired) electrons. The monoisotopic (exact) mass is 180 g/mol. The largest absolute Gasteiger partial charge is 0.480 e. The molecule has 2 aliphatic rings. The summed E-state index contributed by atoms with van der Waals surface area (Å²) in [5, 5.41) is 12.9. The lowest BCUT2D eigenvalue weighted by Crippen LogP contribution is -2.43. The van der Waals surface area contributed by atoms with Crippen molar-refractivity contribution in [2.24, 2.45) is 4.99 Å². The normalized spacial score (nSPS) is 27.3. The number of likely N-dealkylation sites (N-methyl/N-ethyl adjacent to an activating group) is 1. The molecule has 5 nitrogen and oxygen atoms in total. The molecule has 1 N–H and O–H groups in total. The van der Waals surface area contributed by atoms with Gasteiger partial charge >= 0.3 is 5.97 Å². The summed E-state index contributed by atoms with van der Waals surface area (Å²) in [6.45, 7) is 0.576. The quantitative estimate of drug-likeness (QED) is 0.598. The van der Waals surface area contributed by atoms with E-state index in [1.807, 2.05) is 0 Å². The molecule has 0 aromatic carbocycles. The Labute approximate surface area is 75.8 Å². The van der Waals surface area contributed by atoms with Gasteiger partial charge < -0.3 is 5.11 Å². The number of aliphatic carboxylic acids is 1. The summed E-state index contributed by atoms with van der Waals surface area (Å²) in [6, 6.07) is -0.454. The molecule has 0 spiro atoms. The first-order chi connectivity index (χ1) is 6.18. The predicted octanol–water partition coefficient (Wildman–Crippen LogP) is -0.367. The summed E-state index contributed by atoms with van der Waals surface area (Å²) in [7, 11) is 1.79. The van der Waals surface area contributed by atoms with Gasteiger partial charge in [-0.15, -0.1) is 0 Å². The van der Waals surface area contributed by atoms with Crippen LogP contribution in [-0.2, 0) is 4.79 Å². The molecule has 0 aromatic rings. The Morgan fingerprint density at radius 2 is 2.46 bits per heavy atom. The molecule has 0 fully saturated rings. The molecule has 0 unspecified atom stereocenters. The van der Waals surface area contributed by atoms with Crippen LogP contribution in [0.2, 0.25) is 0 Å². The van der Waals surface area contributed by atoms with E-state index in [0.29, 0.717) is 13.0 Å². The molecule has 1 atom stereocenters. The average molecular weight is 180 g/mol. The van der Waals surface area contributed by atoms with E-state index in [-0.39, 0.29) is 0 Å². The highest BCUT2D eigenvalue weighted by Gasteiger charge is 2.32. The van der Waals surface area contributed by atoms with Gasteiger partial charge in [0.05, 0.1) is 11.4 Å². The highest BCUT2D eigenvalue weighted by atomic mass is 16.4. The summed E-state index contributed by atoms with van der Waals surface area (Å²) in [6.07, 6.45) is 1.95. The number of rotatable bonds is 1. The lowest BCUT2D eigenvalue weighted by molar-refractivity contribution is -0.142. The molecular formula is C8H10N3O2. The smallest absolute Gasteiger partial charge is 0.321 e. The van der Waals surface area contributed by atoms with Crippen molar-refractivity contribution >= 4 is 12.3 Å². The third kappa shape index (κ3) is 1.31. The molecule has 0 amide bonds. The van der Waals surface area contributed by atoms with Crippen LogP contribution in [0.5, 0.6) is 0 Å². The number of hydrogen-bond donors (Lipinski definition) is 1. The van der Waals surface area contributed by atoms with Gasteiger partial charge in [-0.3, -0.25) is 9.69 Å². The highest BCUT2D eigenvalue weighted by Crippen LogP contribution is 2.23. The molecule has 0 saturated carbocycles. The summed E-state index contributed by atoms with van der Waals surface area (Å²) < 4.78 is 0. The molecule has 0 aliphatic carbocycles. The molecule has 2 aliphatic heterocycles. The Morgan fingerprint density at radius 3 is 3.15 bits per heavy atom. The Hall–Kier alpha value is -1.36. The average Bonchev–Trinajstić information content (AvgIpc) is 2.48. The van der Waals surface area contributed by atoms with Crippen molar-refractivity contribution in [3.05, 3.63) is 11.4 Å². The second-order valence-electron chi connectivity index (χ2n) is 3.24. The fourth-order valence-electron chi connectivity index (χ4n) is 1.58. The zero-order valence-electron chi connectivity index (χ0n) is 7.27. The number of nitrogens with zero attached hydrogens (tertiary/aromatic N) is 3. The Balaban J connectivity index is 2.19. The summed E-state index contributed by atoms with van der Waals surface area (Å²) in [5.74, 6) is -0.795. The van der Waals surface area contributed by atoms with Gasteiger partial charge in [0.15, 0.2) is 0 Å². The van der Waals surface area contributed by atoms with Crippen molar-refractivity contribution in [3.63, 3.8) is 0 Å². The van der Waals surface area contributed by atoms with E-state index in [0.717, 1.165) is 11.4 Å². The zero-order chi connectivity index (χ0) is 9.42. The minimum atomic E-state index is -0.795. The predicted molar refractivity (Wildman–Crippen MR) is 46.3 cm³/mol. The van der Waals surface area contributed by atoms with Crippen molar-refractivity contribution < 1.29 is 9.90 Å². The topological polar surface area (TPSA) is 67.0 Å². The minimum Gasteiger partial charge on any atom is -0.480 e. The van der Waals surface area contributed by atoms with E-state index in [2.05, 4.69) is 10.3 Å². The van der Waals surface area contributed by atoms with Gasteiger partial charge in [-0.1, -0.05) is 0 Å². The molecular weight excluding hydrogens is 170 g/mol. The second kappa shape index (κ2) is 2.85. The highest BCUT2D eigenvalue weighted by molar-refractivity contribution is 5.75. The first-order valence-electron chi connectivity index (χ1n) is 4.07. The van der Waals surface area contributed by atoms with Crippen LogP contribution >= 0.6 is 0 Å². The van der Waals surface area contributed by atoms with E-state index in [1.165, 1.54) is 6.34 Å². The fourth-order valence-corrected chi connectivity index (χ4v) is 1.58. The van der Waals surface area contributed by atoms with Crippen LogP contribution in [0.15, 0.2) is 16.4 Å². The molecule has 2 rings (SSSR count). The maximum Gasteiger partial charge on any atom is 0.321 e. The third-order valence-electron chi connectivity index (χ3n) is 2.36. The standard InChI is InChI=1S/C8H10N3O2/c1-11-3-6-5(9-4-10-6)2-7(11)8(12)13/h4,7H,2-3H2,1H3,(H,12,13)/t7-/m1/s1. The molecule has 2 heterocycles. The van der Waals surface area contributed by atoms with Crippen molar-refractivity contribution in [1.82, 2.24) is 10.2 Å². The number of carboxylic acids is 1. The zero-order valence-corrected chi connectivity index (χ0v) is 7.27. The number of hydrogen-bond acceptors (Lipinski definition) is 3. The third-order valence-corrected chi connectivity index (χ3v) is 2.36. The van der Waals surface area contributed by atoms with Crippen LogP contribution in [-0.4, -0.2) is 41.9 Å². The van der Waals surface area contributed by atoms with Gasteiger partial charge in [-0.25, -0.2) is 10.3 Å². The van der Waals surface area contributed by atoms with E-state index in [9.17, 15) is 4.79 Å². The van der Waals surface area contributed by atoms with Crippen molar-refractivity contribution in [2.75, 3.05) is 13.6 Å². The number of aliphatic imine (C=N–C) groups is 1. The Morgan fingerprint density at radius 1 is 1.69 bits per heavy atom. The van der Waals surface area contributed by atoms with Crippen LogP contribution in [0.3, 0.4) is 0 Å². The summed E-state index contributed by atoms with van der Waals surface area (Å²) in [4.78, 5) is 16.6. The van der Waals surface area contributed by atoms with E-state index >= 15 is 0 Å². The maximum atomic E-state index is 10.8. The lowest BCUT2D eigenvalue weighted by atomic mass is 10.0. The molecule has 69 valence electrons. The van der Waals surface area contributed by atoms with Gasteiger partial charge in [0.2, 0.25) is 0 Å². The van der Waals surface area contributed by atoms with Crippen molar-refractivity contribution in [3.8, 4) is 0 Å². The SMILES string of the molecule is CN1CC2=C(C[C@@H]1C(=O)O)[N]C=N2. The number of carbonyl (C=O) groups is 1. The second-order valence-corrected chi connectivity index (χ2v) is 3.24. The van der Waals surface area contributed by atoms with Gasteiger partial charge in [-0.05, 0) is 7.05 Å². The van der Waals surface area contributed by atoms with Gasteiger partial charge in [0, 0.05) is 13.0 Å². The van der Waals surface area contributed by atoms with Crippen LogP contribution < -0.4 is 5.32 Å². The summed E-state index contributed by atoms with van der Waals surface area (Å²) in [5.41, 5.74) is 1.73. The van der Waals surface area contributed by atoms with E-state index < -0.39 is 12.0 Å². The molecule has 0 saturated heterocycles. The lowest BCUT2D eigenvalue weighted by Gasteiger charge is -2.28. The van der Waals surface area contributed by atoms with Gasteiger partial charge in [0.1, 0.15) is 12.4 Å². The molecule has 5 heteroatoms. The fraction of sp³-hybridized carbons (Fsp3) is 0.500. The first-order valence-corrected chi connectivity index (χ1v) is 4.07. The van der Waals surface area contributed by atoms with Crippen LogP contribution in [0.4, 0.5) is 0 Å². The Kier molecular flexibility index (Phi) is 1.81. The Bertz CT molecular complexity index is 309.